The number of hydrogen-bond acceptors (Lipinski definition) is 4. The lowest BCUT2D eigenvalue weighted by atomic mass is 9.74. The van der Waals surface area contributed by atoms with Gasteiger partial charge in [-0.05, 0) is 36.6 Å². The fraction of sp³-hybridized carbons (Fsp3) is 0.318. The molecule has 2 heterocycles. The largest absolute Gasteiger partial charge is 0.507 e. The lowest BCUT2D eigenvalue weighted by Gasteiger charge is -2.38. The number of carbonyl (C=O) groups is 1. The predicted molar refractivity (Wildman–Crippen MR) is 104 cm³/mol. The molecule has 2 aromatic rings. The summed E-state index contributed by atoms with van der Waals surface area (Å²) in [5.41, 5.74) is 8.78. The van der Waals surface area contributed by atoms with E-state index in [1.165, 1.54) is 5.56 Å². The van der Waals surface area contributed by atoms with E-state index >= 15 is 0 Å². The van der Waals surface area contributed by atoms with Crippen molar-refractivity contribution < 1.29 is 14.6 Å². The lowest BCUT2D eigenvalue weighted by molar-refractivity contribution is -0.127. The molecule has 4 rings (SSSR count). The van der Waals surface area contributed by atoms with Crippen LogP contribution in [-0.2, 0) is 16.8 Å². The quantitative estimate of drug-likeness (QED) is 0.821. The van der Waals surface area contributed by atoms with Gasteiger partial charge >= 0.3 is 0 Å². The van der Waals surface area contributed by atoms with Gasteiger partial charge in [0.25, 0.3) is 0 Å². The number of benzene rings is 2. The second-order valence-electron chi connectivity index (χ2n) is 7.32. The van der Waals surface area contributed by atoms with Crippen LogP contribution >= 0.6 is 0 Å². The zero-order chi connectivity index (χ0) is 18.9. The van der Waals surface area contributed by atoms with E-state index in [4.69, 9.17) is 10.5 Å². The maximum absolute atomic E-state index is 12.5. The number of likely N-dealkylation sites (tertiary alicyclic amines) is 1. The van der Waals surface area contributed by atoms with E-state index in [1.807, 2.05) is 23.1 Å². The molecular weight excluding hydrogens is 340 g/mol. The average molecular weight is 364 g/mol. The molecule has 27 heavy (non-hydrogen) atoms. The monoisotopic (exact) mass is 364 g/mol. The van der Waals surface area contributed by atoms with E-state index in [0.717, 1.165) is 24.2 Å². The number of nitrogens with two attached hydrogens (primary N) is 1. The summed E-state index contributed by atoms with van der Waals surface area (Å²) in [6, 6.07) is 13.2. The topological polar surface area (TPSA) is 75.8 Å². The molecule has 5 heteroatoms. The lowest BCUT2D eigenvalue weighted by Crippen LogP contribution is -2.45. The molecule has 1 amide bonds. The van der Waals surface area contributed by atoms with Crippen molar-refractivity contribution in [3.63, 3.8) is 0 Å². The van der Waals surface area contributed by atoms with Crippen molar-refractivity contribution in [2.24, 2.45) is 5.73 Å². The Morgan fingerprint density at radius 1 is 1.22 bits per heavy atom. The third-order valence-corrected chi connectivity index (χ3v) is 5.73. The molecule has 0 radical (unpaired) electrons. The Kier molecular flexibility index (Phi) is 4.62. The Morgan fingerprint density at radius 2 is 2.00 bits per heavy atom. The highest BCUT2D eigenvalue weighted by Crippen LogP contribution is 2.45. The van der Waals surface area contributed by atoms with Crippen LogP contribution in [0.4, 0.5) is 0 Å². The number of ether oxygens (including phenoxy) is 1. The number of phenols is 1. The molecule has 5 nitrogen and oxygen atoms in total. The van der Waals surface area contributed by atoms with E-state index in [0.29, 0.717) is 31.8 Å². The van der Waals surface area contributed by atoms with Gasteiger partial charge in [0.2, 0.25) is 5.91 Å². The maximum atomic E-state index is 12.5. The third kappa shape index (κ3) is 3.30. The number of amides is 1. The molecule has 3 N–H and O–H groups in total. The molecule has 2 aliphatic heterocycles. The smallest absolute Gasteiger partial charge is 0.246 e. The van der Waals surface area contributed by atoms with Gasteiger partial charge < -0.3 is 20.5 Å². The molecule has 0 aromatic heterocycles. The SMILES string of the molecule is NCc1ccc2c(c1)C1(CCN(C(=O)C=Cc3ccccc3O)CC1)CO2. The normalized spacial score (nSPS) is 17.9. The number of hydrogen-bond donors (Lipinski definition) is 2. The third-order valence-electron chi connectivity index (χ3n) is 5.73. The minimum absolute atomic E-state index is 0.0152. The molecule has 1 fully saturated rings. The Labute approximate surface area is 159 Å². The zero-order valence-electron chi connectivity index (χ0n) is 15.2. The van der Waals surface area contributed by atoms with Gasteiger partial charge in [0.1, 0.15) is 11.5 Å². The Hall–Kier alpha value is -2.79. The molecule has 1 spiro atoms. The fourth-order valence-electron chi connectivity index (χ4n) is 4.00. The number of para-hydroxylation sites is 1. The zero-order valence-corrected chi connectivity index (χ0v) is 15.2. The van der Waals surface area contributed by atoms with Crippen molar-refractivity contribution >= 4 is 12.0 Å². The number of carbonyl (C=O) groups excluding carboxylic acids is 1. The van der Waals surface area contributed by atoms with Crippen molar-refractivity contribution in [3.8, 4) is 11.5 Å². The molecule has 2 aliphatic rings. The van der Waals surface area contributed by atoms with Gasteiger partial charge in [-0.15, -0.1) is 0 Å². The highest BCUT2D eigenvalue weighted by atomic mass is 16.5. The minimum atomic E-state index is -0.0250. The number of rotatable bonds is 3. The van der Waals surface area contributed by atoms with Gasteiger partial charge in [0, 0.05) is 42.3 Å². The van der Waals surface area contributed by atoms with E-state index in [2.05, 4.69) is 6.07 Å². The van der Waals surface area contributed by atoms with Crippen LogP contribution < -0.4 is 10.5 Å². The van der Waals surface area contributed by atoms with Crippen LogP contribution in [0.5, 0.6) is 11.5 Å². The number of piperidine rings is 1. The first-order valence-electron chi connectivity index (χ1n) is 9.33. The molecule has 0 bridgehead atoms. The highest BCUT2D eigenvalue weighted by Gasteiger charge is 2.43. The number of aromatic hydroxyl groups is 1. The molecule has 0 unspecified atom stereocenters. The van der Waals surface area contributed by atoms with Crippen molar-refractivity contribution in [3.05, 3.63) is 65.2 Å². The van der Waals surface area contributed by atoms with E-state index in [-0.39, 0.29) is 17.1 Å². The van der Waals surface area contributed by atoms with Gasteiger partial charge in [-0.3, -0.25) is 4.79 Å². The summed E-state index contributed by atoms with van der Waals surface area (Å²) in [6.07, 6.45) is 4.97. The van der Waals surface area contributed by atoms with Crippen molar-refractivity contribution in [2.45, 2.75) is 24.8 Å². The minimum Gasteiger partial charge on any atom is -0.507 e. The number of nitrogens with zero attached hydrogens (tertiary/aromatic N) is 1. The molecule has 0 aliphatic carbocycles. The van der Waals surface area contributed by atoms with E-state index in [1.54, 1.807) is 30.4 Å². The van der Waals surface area contributed by atoms with Crippen molar-refractivity contribution in [1.29, 1.82) is 0 Å². The average Bonchev–Trinajstić information content (AvgIpc) is 3.05. The predicted octanol–water partition coefficient (Wildman–Crippen LogP) is 2.82. The molecule has 0 saturated carbocycles. The van der Waals surface area contributed by atoms with Crippen LogP contribution in [0.1, 0.15) is 29.5 Å². The maximum Gasteiger partial charge on any atom is 0.246 e. The molecular formula is C22H24N2O3. The summed E-state index contributed by atoms with van der Waals surface area (Å²) < 4.78 is 5.92. The molecule has 140 valence electrons. The highest BCUT2D eigenvalue weighted by molar-refractivity contribution is 5.92. The summed E-state index contributed by atoms with van der Waals surface area (Å²) in [5.74, 6) is 1.10. The fourth-order valence-corrected chi connectivity index (χ4v) is 4.00. The molecule has 0 atom stereocenters. The van der Waals surface area contributed by atoms with Crippen LogP contribution in [0.25, 0.3) is 6.08 Å². The Bertz CT molecular complexity index is 883. The number of fused-ring (bicyclic) bond motifs is 2. The summed E-state index contributed by atoms with van der Waals surface area (Å²) in [7, 11) is 0. The summed E-state index contributed by atoms with van der Waals surface area (Å²) in [4.78, 5) is 14.4. The first-order chi connectivity index (χ1) is 13.1. The van der Waals surface area contributed by atoms with Gasteiger partial charge in [-0.2, -0.15) is 0 Å². The van der Waals surface area contributed by atoms with Crippen LogP contribution in [0.15, 0.2) is 48.5 Å². The second-order valence-corrected chi connectivity index (χ2v) is 7.32. The summed E-state index contributed by atoms with van der Waals surface area (Å²) in [6.45, 7) is 2.58. The van der Waals surface area contributed by atoms with E-state index < -0.39 is 0 Å². The van der Waals surface area contributed by atoms with Crippen LogP contribution in [-0.4, -0.2) is 35.6 Å². The van der Waals surface area contributed by atoms with Crippen molar-refractivity contribution in [2.75, 3.05) is 19.7 Å². The van der Waals surface area contributed by atoms with Gasteiger partial charge in [-0.25, -0.2) is 0 Å². The Morgan fingerprint density at radius 3 is 2.74 bits per heavy atom. The first-order valence-corrected chi connectivity index (χ1v) is 9.33. The first kappa shape index (κ1) is 17.6. The summed E-state index contributed by atoms with van der Waals surface area (Å²) >= 11 is 0. The standard InChI is InChI=1S/C22H24N2O3/c23-14-16-5-7-20-18(13-16)22(15-27-20)9-11-24(12-10-22)21(26)8-6-17-3-1-2-4-19(17)25/h1-8,13,25H,9-12,14-15,23H2. The van der Waals surface area contributed by atoms with Crippen LogP contribution in [0.2, 0.25) is 0 Å². The second kappa shape index (κ2) is 7.08. The summed E-state index contributed by atoms with van der Waals surface area (Å²) in [5, 5.41) is 9.81. The van der Waals surface area contributed by atoms with Crippen LogP contribution in [0.3, 0.4) is 0 Å². The van der Waals surface area contributed by atoms with Gasteiger partial charge in [0.05, 0.1) is 6.61 Å². The Balaban J connectivity index is 1.44. The van der Waals surface area contributed by atoms with Crippen LogP contribution in [0, 0.1) is 0 Å². The molecule has 2 aromatic carbocycles. The molecule has 1 saturated heterocycles. The number of phenolic OH excluding ortho intramolecular Hbond substituents is 1. The van der Waals surface area contributed by atoms with Gasteiger partial charge in [0.15, 0.2) is 0 Å². The van der Waals surface area contributed by atoms with Crippen molar-refractivity contribution in [1.82, 2.24) is 4.90 Å². The van der Waals surface area contributed by atoms with Gasteiger partial charge in [-0.1, -0.05) is 30.3 Å². The van der Waals surface area contributed by atoms with E-state index in [9.17, 15) is 9.90 Å².